The van der Waals surface area contributed by atoms with Gasteiger partial charge in [-0.1, -0.05) is 12.1 Å². The maximum atomic E-state index is 14.0. The second-order valence-corrected chi connectivity index (χ2v) is 5.30. The number of rotatable bonds is 4. The molecule has 1 aromatic carbocycles. The summed E-state index contributed by atoms with van der Waals surface area (Å²) in [4.78, 5) is 0. The predicted molar refractivity (Wildman–Crippen MR) is 69.9 cm³/mol. The number of hydrogen-bond acceptors (Lipinski definition) is 2. The van der Waals surface area contributed by atoms with Crippen molar-refractivity contribution in [2.45, 2.75) is 44.3 Å². The average Bonchev–Trinajstić information content (AvgIpc) is 3.05. The lowest BCUT2D eigenvalue weighted by Crippen LogP contribution is -2.32. The molecule has 2 atom stereocenters. The highest BCUT2D eigenvalue weighted by Gasteiger charge is 2.23. The minimum atomic E-state index is -0.711. The van der Waals surface area contributed by atoms with E-state index >= 15 is 0 Å². The van der Waals surface area contributed by atoms with Crippen LogP contribution in [0.5, 0.6) is 5.75 Å². The molecule has 1 fully saturated rings. The molecule has 2 heterocycles. The largest absolute Gasteiger partial charge is 0.493 e. The Morgan fingerprint density at radius 2 is 2.39 bits per heavy atom. The topological polar surface area (TPSA) is 21.3 Å². The van der Waals surface area contributed by atoms with E-state index in [0.29, 0.717) is 6.42 Å². The maximum Gasteiger partial charge on any atom is 0.122 e. The molecule has 1 saturated heterocycles. The van der Waals surface area contributed by atoms with Crippen LogP contribution < -0.4 is 10.1 Å². The Balaban J connectivity index is 1.56. The van der Waals surface area contributed by atoms with E-state index in [2.05, 4.69) is 17.4 Å². The summed E-state index contributed by atoms with van der Waals surface area (Å²) >= 11 is 0. The Morgan fingerprint density at radius 1 is 1.44 bits per heavy atom. The van der Waals surface area contributed by atoms with Gasteiger partial charge in [-0.25, -0.2) is 4.39 Å². The van der Waals surface area contributed by atoms with Gasteiger partial charge in [0.25, 0.3) is 0 Å². The van der Waals surface area contributed by atoms with Crippen LogP contribution in [0, 0.1) is 0 Å². The summed E-state index contributed by atoms with van der Waals surface area (Å²) in [6.07, 6.45) is 3.83. The van der Waals surface area contributed by atoms with E-state index in [0.717, 1.165) is 44.6 Å². The third kappa shape index (κ3) is 2.51. The van der Waals surface area contributed by atoms with Crippen LogP contribution >= 0.6 is 0 Å². The van der Waals surface area contributed by atoms with Crippen LogP contribution in [0.3, 0.4) is 0 Å². The standard InChI is InChI=1S/C15H20FNO/c16-13(14-2-1-8-17-14)5-3-11-4-6-15-12(10-11)7-9-18-15/h4,6,10,13-14,17H,1-3,5,7-9H2. The van der Waals surface area contributed by atoms with Crippen molar-refractivity contribution >= 4 is 0 Å². The minimum Gasteiger partial charge on any atom is -0.493 e. The van der Waals surface area contributed by atoms with Crippen LogP contribution in [0.15, 0.2) is 18.2 Å². The molecule has 18 heavy (non-hydrogen) atoms. The lowest BCUT2D eigenvalue weighted by atomic mass is 10.00. The number of halogens is 1. The van der Waals surface area contributed by atoms with Crippen LogP contribution in [0.1, 0.15) is 30.4 Å². The molecular weight excluding hydrogens is 229 g/mol. The Hall–Kier alpha value is -1.09. The number of nitrogens with one attached hydrogen (secondary N) is 1. The molecule has 0 saturated carbocycles. The van der Waals surface area contributed by atoms with E-state index < -0.39 is 6.17 Å². The lowest BCUT2D eigenvalue weighted by molar-refractivity contribution is 0.250. The van der Waals surface area contributed by atoms with Crippen LogP contribution in [0.25, 0.3) is 0 Å². The number of aryl methyl sites for hydroxylation is 1. The predicted octanol–water partition coefficient (Wildman–Crippen LogP) is 2.64. The van der Waals surface area contributed by atoms with Crippen molar-refractivity contribution in [2.24, 2.45) is 0 Å². The second kappa shape index (κ2) is 5.27. The molecule has 2 aliphatic rings. The first-order valence-electron chi connectivity index (χ1n) is 6.95. The first-order chi connectivity index (χ1) is 8.83. The van der Waals surface area contributed by atoms with Gasteiger partial charge >= 0.3 is 0 Å². The van der Waals surface area contributed by atoms with Gasteiger partial charge in [-0.05, 0) is 49.4 Å². The Morgan fingerprint density at radius 3 is 3.22 bits per heavy atom. The van der Waals surface area contributed by atoms with Crippen LogP contribution in [0.4, 0.5) is 4.39 Å². The fourth-order valence-electron chi connectivity index (χ4n) is 2.92. The fourth-order valence-corrected chi connectivity index (χ4v) is 2.92. The Bertz CT molecular complexity index is 415. The third-order valence-electron chi connectivity index (χ3n) is 4.00. The van der Waals surface area contributed by atoms with Gasteiger partial charge in [0.15, 0.2) is 0 Å². The van der Waals surface area contributed by atoms with E-state index in [-0.39, 0.29) is 6.04 Å². The maximum absolute atomic E-state index is 14.0. The van der Waals surface area contributed by atoms with E-state index in [1.807, 2.05) is 6.07 Å². The van der Waals surface area contributed by atoms with E-state index in [4.69, 9.17) is 4.74 Å². The van der Waals surface area contributed by atoms with Gasteiger partial charge in [-0.2, -0.15) is 0 Å². The van der Waals surface area contributed by atoms with Gasteiger partial charge in [0.1, 0.15) is 11.9 Å². The fraction of sp³-hybridized carbons (Fsp3) is 0.600. The summed E-state index contributed by atoms with van der Waals surface area (Å²) in [5.41, 5.74) is 2.52. The van der Waals surface area contributed by atoms with Crippen molar-refractivity contribution < 1.29 is 9.13 Å². The molecule has 98 valence electrons. The quantitative estimate of drug-likeness (QED) is 0.885. The number of hydrogen-bond donors (Lipinski definition) is 1. The minimum absolute atomic E-state index is 0.0859. The lowest BCUT2D eigenvalue weighted by Gasteiger charge is -2.15. The SMILES string of the molecule is FC(CCc1ccc2c(c1)CCO2)C1CCCN1. The molecule has 0 amide bonds. The summed E-state index contributed by atoms with van der Waals surface area (Å²) in [7, 11) is 0. The van der Waals surface area contributed by atoms with Crippen molar-refractivity contribution in [1.82, 2.24) is 5.32 Å². The molecule has 2 aliphatic heterocycles. The molecule has 3 heteroatoms. The molecule has 1 N–H and O–H groups in total. The monoisotopic (exact) mass is 249 g/mol. The summed E-state index contributed by atoms with van der Waals surface area (Å²) in [5, 5.41) is 3.24. The van der Waals surface area contributed by atoms with E-state index in [9.17, 15) is 4.39 Å². The summed E-state index contributed by atoms with van der Waals surface area (Å²) in [6, 6.07) is 6.36. The zero-order valence-corrected chi connectivity index (χ0v) is 10.6. The molecular formula is C15H20FNO. The van der Waals surface area contributed by atoms with Gasteiger partial charge in [0.05, 0.1) is 6.61 Å². The van der Waals surface area contributed by atoms with Crippen molar-refractivity contribution in [3.8, 4) is 5.75 Å². The van der Waals surface area contributed by atoms with Crippen molar-refractivity contribution in [3.63, 3.8) is 0 Å². The second-order valence-electron chi connectivity index (χ2n) is 5.30. The van der Waals surface area contributed by atoms with E-state index in [1.165, 1.54) is 11.1 Å². The summed E-state index contributed by atoms with van der Waals surface area (Å²) in [6.45, 7) is 1.76. The molecule has 0 bridgehead atoms. The normalized spacial score (nSPS) is 23.7. The van der Waals surface area contributed by atoms with Gasteiger partial charge in [-0.3, -0.25) is 0 Å². The molecule has 1 aromatic rings. The summed E-state index contributed by atoms with van der Waals surface area (Å²) < 4.78 is 19.5. The molecule has 2 nitrogen and oxygen atoms in total. The number of alkyl halides is 1. The van der Waals surface area contributed by atoms with Gasteiger partial charge in [0, 0.05) is 12.5 Å². The zero-order valence-electron chi connectivity index (χ0n) is 10.6. The van der Waals surface area contributed by atoms with Gasteiger partial charge in [0.2, 0.25) is 0 Å². The molecule has 0 aromatic heterocycles. The number of ether oxygens (including phenoxy) is 1. The highest BCUT2D eigenvalue weighted by atomic mass is 19.1. The molecule has 0 aliphatic carbocycles. The van der Waals surface area contributed by atoms with Crippen LogP contribution in [-0.2, 0) is 12.8 Å². The van der Waals surface area contributed by atoms with Crippen molar-refractivity contribution in [1.29, 1.82) is 0 Å². The molecule has 2 unspecified atom stereocenters. The van der Waals surface area contributed by atoms with Gasteiger partial charge in [-0.15, -0.1) is 0 Å². The third-order valence-corrected chi connectivity index (χ3v) is 4.00. The molecule has 0 radical (unpaired) electrons. The van der Waals surface area contributed by atoms with Crippen LogP contribution in [-0.4, -0.2) is 25.4 Å². The molecule has 3 rings (SSSR count). The average molecular weight is 249 g/mol. The Kier molecular flexibility index (Phi) is 3.50. The number of fused-ring (bicyclic) bond motifs is 1. The van der Waals surface area contributed by atoms with Crippen molar-refractivity contribution in [2.75, 3.05) is 13.2 Å². The number of benzene rings is 1. The van der Waals surface area contributed by atoms with E-state index in [1.54, 1.807) is 0 Å². The van der Waals surface area contributed by atoms with Crippen molar-refractivity contribution in [3.05, 3.63) is 29.3 Å². The highest BCUT2D eigenvalue weighted by molar-refractivity contribution is 5.39. The first-order valence-corrected chi connectivity index (χ1v) is 6.95. The zero-order chi connectivity index (χ0) is 12.4. The first kappa shape index (κ1) is 12.0. The Labute approximate surface area is 108 Å². The molecule has 0 spiro atoms. The smallest absolute Gasteiger partial charge is 0.122 e. The van der Waals surface area contributed by atoms with Crippen LogP contribution in [0.2, 0.25) is 0 Å². The highest BCUT2D eigenvalue weighted by Crippen LogP contribution is 2.27. The summed E-state index contributed by atoms with van der Waals surface area (Å²) in [5.74, 6) is 1.01. The van der Waals surface area contributed by atoms with Gasteiger partial charge < -0.3 is 10.1 Å².